The lowest BCUT2D eigenvalue weighted by Gasteiger charge is -2.21. The number of hydrazine groups is 1. The van der Waals surface area contributed by atoms with Crippen molar-refractivity contribution in [3.05, 3.63) is 0 Å². The number of carbonyl (C=O) groups excluding carboxylic acids is 1. The largest absolute Gasteiger partial charge is 0.443 e. The minimum atomic E-state index is -0.447. The molecule has 0 saturated carbocycles. The third kappa shape index (κ3) is 9.77. The minimum Gasteiger partial charge on any atom is -0.443 e. The SMILES string of the molecule is CCCCCC(C)NNC(=O)OC(C)(C)C. The Morgan fingerprint density at radius 1 is 1.31 bits per heavy atom. The number of nitrogens with one attached hydrogen (secondary N) is 2. The van der Waals surface area contributed by atoms with Gasteiger partial charge in [-0.05, 0) is 34.1 Å². The summed E-state index contributed by atoms with van der Waals surface area (Å²) in [6, 6.07) is 0.277. The van der Waals surface area contributed by atoms with Gasteiger partial charge in [0.15, 0.2) is 0 Å². The maximum Gasteiger partial charge on any atom is 0.422 e. The van der Waals surface area contributed by atoms with Crippen LogP contribution in [0.1, 0.15) is 60.3 Å². The van der Waals surface area contributed by atoms with Crippen molar-refractivity contribution < 1.29 is 9.53 Å². The summed E-state index contributed by atoms with van der Waals surface area (Å²) in [6.45, 7) is 9.76. The van der Waals surface area contributed by atoms with Gasteiger partial charge in [-0.25, -0.2) is 10.2 Å². The van der Waals surface area contributed by atoms with Gasteiger partial charge in [-0.1, -0.05) is 26.2 Å². The Morgan fingerprint density at radius 2 is 1.94 bits per heavy atom. The molecule has 0 bridgehead atoms. The van der Waals surface area contributed by atoms with Crippen LogP contribution in [0.4, 0.5) is 4.79 Å². The van der Waals surface area contributed by atoms with Gasteiger partial charge in [0, 0.05) is 6.04 Å². The summed E-state index contributed by atoms with van der Waals surface area (Å²) in [5.41, 5.74) is 5.05. The third-order valence-electron chi connectivity index (χ3n) is 2.06. The van der Waals surface area contributed by atoms with E-state index in [1.165, 1.54) is 19.3 Å². The predicted molar refractivity (Wildman–Crippen MR) is 66.1 cm³/mol. The smallest absolute Gasteiger partial charge is 0.422 e. The molecule has 1 atom stereocenters. The summed E-state index contributed by atoms with van der Waals surface area (Å²) in [5, 5.41) is 0. The Morgan fingerprint density at radius 3 is 2.44 bits per heavy atom. The lowest BCUT2D eigenvalue weighted by molar-refractivity contribution is 0.0488. The number of rotatable bonds is 6. The Labute approximate surface area is 99.1 Å². The summed E-state index contributed by atoms with van der Waals surface area (Å²) in [4.78, 5) is 11.3. The van der Waals surface area contributed by atoms with Gasteiger partial charge >= 0.3 is 6.09 Å². The zero-order chi connectivity index (χ0) is 12.6. The summed E-state index contributed by atoms with van der Waals surface area (Å²) >= 11 is 0. The number of ether oxygens (including phenoxy) is 1. The Hall–Kier alpha value is -0.770. The molecule has 0 aromatic rings. The molecule has 4 nitrogen and oxygen atoms in total. The van der Waals surface area contributed by atoms with E-state index in [9.17, 15) is 4.79 Å². The molecule has 96 valence electrons. The quantitative estimate of drug-likeness (QED) is 0.545. The van der Waals surface area contributed by atoms with Crippen LogP contribution in [0.15, 0.2) is 0 Å². The molecule has 1 amide bonds. The highest BCUT2D eigenvalue weighted by Gasteiger charge is 2.16. The highest BCUT2D eigenvalue weighted by molar-refractivity contribution is 5.66. The summed E-state index contributed by atoms with van der Waals surface area (Å²) in [6.07, 6.45) is 4.27. The predicted octanol–water partition coefficient (Wildman–Crippen LogP) is 2.98. The second-order valence-electron chi connectivity index (χ2n) is 5.17. The van der Waals surface area contributed by atoms with Crippen LogP contribution in [-0.2, 0) is 4.74 Å². The van der Waals surface area contributed by atoms with Crippen LogP contribution in [-0.4, -0.2) is 17.7 Å². The molecule has 0 aliphatic heterocycles. The van der Waals surface area contributed by atoms with Gasteiger partial charge in [-0.2, -0.15) is 0 Å². The van der Waals surface area contributed by atoms with Crippen molar-refractivity contribution in [3.8, 4) is 0 Å². The minimum absolute atomic E-state index is 0.277. The topological polar surface area (TPSA) is 50.4 Å². The fraction of sp³-hybridized carbons (Fsp3) is 0.917. The molecule has 0 aliphatic rings. The van der Waals surface area contributed by atoms with Gasteiger partial charge in [-0.15, -0.1) is 0 Å². The van der Waals surface area contributed by atoms with Crippen molar-refractivity contribution in [1.29, 1.82) is 0 Å². The molecule has 16 heavy (non-hydrogen) atoms. The number of carbonyl (C=O) groups is 1. The standard InChI is InChI=1S/C12H26N2O2/c1-6-7-8-9-10(2)13-14-11(15)16-12(3,4)5/h10,13H,6-9H2,1-5H3,(H,14,15). The van der Waals surface area contributed by atoms with E-state index in [4.69, 9.17) is 4.74 Å². The van der Waals surface area contributed by atoms with Crippen molar-refractivity contribution in [2.45, 2.75) is 71.9 Å². The maximum atomic E-state index is 11.3. The van der Waals surface area contributed by atoms with E-state index in [-0.39, 0.29) is 6.04 Å². The fourth-order valence-electron chi connectivity index (χ4n) is 1.26. The van der Waals surface area contributed by atoms with Crippen molar-refractivity contribution in [2.24, 2.45) is 0 Å². The molecular weight excluding hydrogens is 204 g/mol. The van der Waals surface area contributed by atoms with E-state index in [1.807, 2.05) is 27.7 Å². The van der Waals surface area contributed by atoms with Crippen LogP contribution in [0.2, 0.25) is 0 Å². The summed E-state index contributed by atoms with van der Waals surface area (Å²) in [5.74, 6) is 0. The lowest BCUT2D eigenvalue weighted by Crippen LogP contribution is -2.45. The molecule has 0 spiro atoms. The van der Waals surface area contributed by atoms with E-state index in [0.29, 0.717) is 0 Å². The Balaban J connectivity index is 3.59. The Bertz CT molecular complexity index is 200. The van der Waals surface area contributed by atoms with Crippen molar-refractivity contribution in [2.75, 3.05) is 0 Å². The zero-order valence-corrected chi connectivity index (χ0v) is 11.2. The average Bonchev–Trinajstić information content (AvgIpc) is 2.12. The van der Waals surface area contributed by atoms with Crippen LogP contribution >= 0.6 is 0 Å². The molecule has 0 saturated heterocycles. The molecule has 2 N–H and O–H groups in total. The lowest BCUT2D eigenvalue weighted by atomic mass is 10.1. The number of hydrogen-bond acceptors (Lipinski definition) is 3. The monoisotopic (exact) mass is 230 g/mol. The summed E-state index contributed by atoms with van der Waals surface area (Å²) < 4.78 is 5.10. The van der Waals surface area contributed by atoms with E-state index in [0.717, 1.165) is 6.42 Å². The van der Waals surface area contributed by atoms with Crippen molar-refractivity contribution >= 4 is 6.09 Å². The molecule has 0 rings (SSSR count). The molecule has 0 radical (unpaired) electrons. The van der Waals surface area contributed by atoms with Gasteiger partial charge in [0.2, 0.25) is 0 Å². The van der Waals surface area contributed by atoms with Crippen LogP contribution in [0.5, 0.6) is 0 Å². The molecule has 4 heteroatoms. The van der Waals surface area contributed by atoms with Crippen LogP contribution in [0.25, 0.3) is 0 Å². The van der Waals surface area contributed by atoms with Crippen molar-refractivity contribution in [3.63, 3.8) is 0 Å². The van der Waals surface area contributed by atoms with Gasteiger partial charge in [0.1, 0.15) is 5.60 Å². The van der Waals surface area contributed by atoms with Gasteiger partial charge in [0.05, 0.1) is 0 Å². The second-order valence-corrected chi connectivity index (χ2v) is 5.17. The van der Waals surface area contributed by atoms with Gasteiger partial charge in [0.25, 0.3) is 0 Å². The highest BCUT2D eigenvalue weighted by atomic mass is 16.6. The van der Waals surface area contributed by atoms with E-state index < -0.39 is 11.7 Å². The van der Waals surface area contributed by atoms with Gasteiger partial charge < -0.3 is 4.74 Å². The fourth-order valence-corrected chi connectivity index (χ4v) is 1.26. The third-order valence-corrected chi connectivity index (χ3v) is 2.06. The van der Waals surface area contributed by atoms with Crippen LogP contribution in [0.3, 0.4) is 0 Å². The first-order chi connectivity index (χ1) is 7.35. The molecule has 1 unspecified atom stereocenters. The molecule has 0 fully saturated rings. The molecule has 0 heterocycles. The van der Waals surface area contributed by atoms with Crippen LogP contribution in [0, 0.1) is 0 Å². The van der Waals surface area contributed by atoms with Crippen LogP contribution < -0.4 is 10.9 Å². The maximum absolute atomic E-state index is 11.3. The second kappa shape index (κ2) is 7.49. The van der Waals surface area contributed by atoms with E-state index in [2.05, 4.69) is 17.8 Å². The highest BCUT2D eigenvalue weighted by Crippen LogP contribution is 2.06. The van der Waals surface area contributed by atoms with Crippen molar-refractivity contribution in [1.82, 2.24) is 10.9 Å². The average molecular weight is 230 g/mol. The zero-order valence-electron chi connectivity index (χ0n) is 11.2. The first kappa shape index (κ1) is 15.2. The first-order valence-electron chi connectivity index (χ1n) is 6.09. The van der Waals surface area contributed by atoms with E-state index >= 15 is 0 Å². The molecule has 0 aromatic carbocycles. The summed E-state index contributed by atoms with van der Waals surface area (Å²) in [7, 11) is 0. The number of amides is 1. The number of hydrogen-bond donors (Lipinski definition) is 2. The Kier molecular flexibility index (Phi) is 7.13. The van der Waals surface area contributed by atoms with Gasteiger partial charge in [-0.3, -0.25) is 5.43 Å². The first-order valence-corrected chi connectivity index (χ1v) is 6.09. The van der Waals surface area contributed by atoms with E-state index in [1.54, 1.807) is 0 Å². The molecular formula is C12H26N2O2. The molecule has 0 aromatic heterocycles. The normalized spacial score (nSPS) is 13.3. The number of unbranched alkanes of at least 4 members (excludes halogenated alkanes) is 2. The molecule has 0 aliphatic carbocycles.